The van der Waals surface area contributed by atoms with Crippen LogP contribution in [0.3, 0.4) is 0 Å². The molecule has 30 heavy (non-hydrogen) atoms. The molecule has 0 radical (unpaired) electrons. The molecule has 160 valence electrons. The van der Waals surface area contributed by atoms with Gasteiger partial charge in [0.15, 0.2) is 5.75 Å². The Bertz CT molecular complexity index is 1050. The number of ether oxygens (including phenoxy) is 3. The van der Waals surface area contributed by atoms with Crippen LogP contribution >= 0.6 is 0 Å². The zero-order valence-corrected chi connectivity index (χ0v) is 17.9. The summed E-state index contributed by atoms with van der Waals surface area (Å²) in [5.74, 6) is -1.17. The Kier molecular flexibility index (Phi) is 7.98. The van der Waals surface area contributed by atoms with E-state index >= 15 is 0 Å². The number of carbonyl (C=O) groups is 2. The second-order valence-electron chi connectivity index (χ2n) is 7.07. The molecule has 0 spiro atoms. The third-order valence-corrected chi connectivity index (χ3v) is 4.05. The van der Waals surface area contributed by atoms with Gasteiger partial charge in [-0.25, -0.2) is 4.79 Å². The molecule has 0 aliphatic rings. The van der Waals surface area contributed by atoms with Crippen molar-refractivity contribution in [3.8, 4) is 17.2 Å². The normalized spacial score (nSPS) is 11.2. The first-order chi connectivity index (χ1) is 14.2. The molecule has 0 fully saturated rings. The van der Waals surface area contributed by atoms with Crippen LogP contribution in [0.25, 0.3) is 11.0 Å². The smallest absolute Gasteiger partial charge is 0.383 e. The van der Waals surface area contributed by atoms with Gasteiger partial charge in [0.05, 0.1) is 5.39 Å². The van der Waals surface area contributed by atoms with Crippen molar-refractivity contribution in [2.45, 2.75) is 47.5 Å². The van der Waals surface area contributed by atoms with Gasteiger partial charge in [0, 0.05) is 19.9 Å². The minimum atomic E-state index is -0.864. The highest BCUT2D eigenvalue weighted by atomic mass is 16.6. The van der Waals surface area contributed by atoms with Crippen molar-refractivity contribution in [3.63, 3.8) is 0 Å². The molecule has 0 aliphatic carbocycles. The number of fused-ring (bicyclic) bond motifs is 1. The van der Waals surface area contributed by atoms with E-state index in [2.05, 4.69) is 19.9 Å². The van der Waals surface area contributed by atoms with Crippen molar-refractivity contribution < 1.29 is 28.2 Å². The first kappa shape index (κ1) is 22.9. The highest BCUT2D eigenvalue weighted by Crippen LogP contribution is 2.34. The van der Waals surface area contributed by atoms with Crippen LogP contribution in [0, 0.1) is 0 Å². The molecule has 0 bridgehead atoms. The first-order valence-corrected chi connectivity index (χ1v) is 9.57. The molecule has 0 saturated carbocycles. The quantitative estimate of drug-likeness (QED) is 0.267. The van der Waals surface area contributed by atoms with Gasteiger partial charge in [-0.3, -0.25) is 9.59 Å². The average molecular weight is 414 g/mol. The van der Waals surface area contributed by atoms with Crippen molar-refractivity contribution in [2.75, 3.05) is 6.61 Å². The predicted molar refractivity (Wildman–Crippen MR) is 113 cm³/mol. The number of benzene rings is 1. The van der Waals surface area contributed by atoms with Gasteiger partial charge in [-0.1, -0.05) is 17.2 Å². The van der Waals surface area contributed by atoms with E-state index < -0.39 is 17.6 Å². The summed E-state index contributed by atoms with van der Waals surface area (Å²) in [5.41, 5.74) is 1.68. The van der Waals surface area contributed by atoms with E-state index in [1.54, 1.807) is 6.07 Å². The summed E-state index contributed by atoms with van der Waals surface area (Å²) < 4.78 is 21.1. The molecule has 0 amide bonds. The van der Waals surface area contributed by atoms with Gasteiger partial charge in [0.1, 0.15) is 17.9 Å². The van der Waals surface area contributed by atoms with Gasteiger partial charge < -0.3 is 18.6 Å². The van der Waals surface area contributed by atoms with Gasteiger partial charge >= 0.3 is 17.6 Å². The fourth-order valence-corrected chi connectivity index (χ4v) is 2.70. The van der Waals surface area contributed by atoms with E-state index in [1.807, 2.05) is 13.0 Å². The Morgan fingerprint density at radius 2 is 1.67 bits per heavy atom. The minimum Gasteiger partial charge on any atom is -0.485 e. The second-order valence-corrected chi connectivity index (χ2v) is 7.07. The lowest BCUT2D eigenvalue weighted by molar-refractivity contribution is -0.133. The lowest BCUT2D eigenvalue weighted by Crippen LogP contribution is -2.13. The number of hydrogen-bond donors (Lipinski definition) is 0. The van der Waals surface area contributed by atoms with Gasteiger partial charge in [-0.15, -0.1) is 0 Å². The third kappa shape index (κ3) is 6.62. The molecule has 2 aromatic rings. The summed E-state index contributed by atoms with van der Waals surface area (Å²) in [7, 11) is 0. The number of carbonyl (C=O) groups excluding carboxylic acids is 2. The molecule has 0 atom stereocenters. The second kappa shape index (κ2) is 10.4. The van der Waals surface area contributed by atoms with E-state index in [-0.39, 0.29) is 29.4 Å². The van der Waals surface area contributed by atoms with Crippen LogP contribution in [0.15, 0.2) is 50.7 Å². The van der Waals surface area contributed by atoms with Crippen LogP contribution in [0.5, 0.6) is 17.2 Å². The van der Waals surface area contributed by atoms with E-state index in [4.69, 9.17) is 18.6 Å². The fraction of sp³-hybridized carbons (Fsp3) is 0.348. The summed E-state index contributed by atoms with van der Waals surface area (Å²) >= 11 is 0. The maximum atomic E-state index is 12.4. The number of esters is 2. The van der Waals surface area contributed by atoms with Crippen LogP contribution in [-0.2, 0) is 9.59 Å². The standard InChI is InChI=1S/C23H26O7/c1-14(2)7-6-8-15(3)11-12-27-21-19-10-9-18(28-16(4)24)13-20(19)30-23(26)22(21)29-17(5)25/h7,9-11,13H,6,8,12H2,1-5H3. The first-order valence-electron chi connectivity index (χ1n) is 9.57. The van der Waals surface area contributed by atoms with E-state index in [0.717, 1.165) is 18.4 Å². The predicted octanol–water partition coefficient (Wildman–Crippen LogP) is 4.72. The number of allylic oxidation sites excluding steroid dienone is 3. The highest BCUT2D eigenvalue weighted by Gasteiger charge is 2.20. The van der Waals surface area contributed by atoms with Crippen molar-refractivity contribution in [1.29, 1.82) is 0 Å². The zero-order valence-electron chi connectivity index (χ0n) is 17.9. The Labute approximate surface area is 174 Å². The number of rotatable bonds is 8. The SMILES string of the molecule is CC(=O)Oc1ccc2c(OCC=C(C)CCC=C(C)C)c(OC(C)=O)c(=O)oc2c1. The molecule has 7 heteroatoms. The van der Waals surface area contributed by atoms with Gasteiger partial charge in [-0.05, 0) is 51.8 Å². The monoisotopic (exact) mass is 414 g/mol. The van der Waals surface area contributed by atoms with Gasteiger partial charge in [0.2, 0.25) is 0 Å². The van der Waals surface area contributed by atoms with E-state index in [9.17, 15) is 14.4 Å². The van der Waals surface area contributed by atoms with Crippen LogP contribution in [-0.4, -0.2) is 18.5 Å². The fourth-order valence-electron chi connectivity index (χ4n) is 2.70. The number of hydrogen-bond acceptors (Lipinski definition) is 7. The molecule has 0 N–H and O–H groups in total. The summed E-state index contributed by atoms with van der Waals surface area (Å²) in [5, 5.41) is 0.414. The van der Waals surface area contributed by atoms with Crippen LogP contribution < -0.4 is 19.8 Å². The van der Waals surface area contributed by atoms with Crippen LogP contribution in [0.4, 0.5) is 0 Å². The molecule has 1 aromatic carbocycles. The van der Waals surface area contributed by atoms with Crippen molar-refractivity contribution in [2.24, 2.45) is 0 Å². The minimum absolute atomic E-state index is 0.0965. The Morgan fingerprint density at radius 1 is 0.967 bits per heavy atom. The van der Waals surface area contributed by atoms with Gasteiger partial charge in [0.25, 0.3) is 5.75 Å². The molecule has 0 aliphatic heterocycles. The maximum Gasteiger partial charge on any atom is 0.383 e. The lowest BCUT2D eigenvalue weighted by Gasteiger charge is -2.12. The summed E-state index contributed by atoms with van der Waals surface area (Å²) in [4.78, 5) is 35.0. The molecule has 0 unspecified atom stereocenters. The van der Waals surface area contributed by atoms with Crippen LogP contribution in [0.2, 0.25) is 0 Å². The van der Waals surface area contributed by atoms with E-state index in [1.165, 1.54) is 31.6 Å². The summed E-state index contributed by atoms with van der Waals surface area (Å²) in [6.45, 7) is 8.74. The molecule has 1 heterocycles. The molecular weight excluding hydrogens is 388 g/mol. The molecule has 1 aromatic heterocycles. The Hall–Kier alpha value is -3.35. The zero-order chi connectivity index (χ0) is 22.3. The van der Waals surface area contributed by atoms with Crippen molar-refractivity contribution in [1.82, 2.24) is 0 Å². The Balaban J connectivity index is 2.36. The van der Waals surface area contributed by atoms with Crippen molar-refractivity contribution >= 4 is 22.9 Å². The van der Waals surface area contributed by atoms with Crippen LogP contribution in [0.1, 0.15) is 47.5 Å². The highest BCUT2D eigenvalue weighted by molar-refractivity contribution is 5.88. The molecule has 7 nitrogen and oxygen atoms in total. The maximum absolute atomic E-state index is 12.4. The summed E-state index contributed by atoms with van der Waals surface area (Å²) in [6.07, 6.45) is 5.88. The molecule has 2 rings (SSSR count). The average Bonchev–Trinajstić information content (AvgIpc) is 2.62. The summed E-state index contributed by atoms with van der Waals surface area (Å²) in [6, 6.07) is 4.52. The molecule has 0 saturated heterocycles. The Morgan fingerprint density at radius 3 is 2.30 bits per heavy atom. The van der Waals surface area contributed by atoms with Gasteiger partial charge in [-0.2, -0.15) is 0 Å². The molecular formula is C23H26O7. The van der Waals surface area contributed by atoms with E-state index in [0.29, 0.717) is 5.39 Å². The van der Waals surface area contributed by atoms with Crippen molar-refractivity contribution in [3.05, 3.63) is 51.9 Å². The third-order valence-electron chi connectivity index (χ3n) is 4.05. The largest absolute Gasteiger partial charge is 0.485 e. The topological polar surface area (TPSA) is 92.0 Å². The lowest BCUT2D eigenvalue weighted by atomic mass is 10.1.